The van der Waals surface area contributed by atoms with E-state index in [1.54, 1.807) is 37.4 Å². The van der Waals surface area contributed by atoms with Gasteiger partial charge < -0.3 is 14.8 Å². The van der Waals surface area contributed by atoms with Crippen LogP contribution in [0.15, 0.2) is 108 Å². The standard InChI is InChI=1S/C31H28N2O5S/c1-37-27-18-17-23(19-28(27)38-2)20-32-31(34)30-29(24-13-7-4-8-14-24)25-15-9-10-16-26(25)33(39(30,35)36)21-22-11-5-3-6-12-22/h3-19H,20-21H2,1-2H3,(H,32,34). The summed E-state index contributed by atoms with van der Waals surface area (Å²) in [6.45, 7) is 0.190. The second-order valence-corrected chi connectivity index (χ2v) is 10.8. The molecular formula is C31H28N2O5S. The summed E-state index contributed by atoms with van der Waals surface area (Å²) in [6, 6.07) is 31.0. The number of ether oxygens (including phenoxy) is 2. The number of nitrogens with one attached hydrogen (secondary N) is 1. The molecule has 7 nitrogen and oxygen atoms in total. The average molecular weight is 541 g/mol. The van der Waals surface area contributed by atoms with Crippen LogP contribution >= 0.6 is 0 Å². The number of nitrogens with zero attached hydrogens (tertiary/aromatic N) is 1. The van der Waals surface area contributed by atoms with Gasteiger partial charge in [0, 0.05) is 17.7 Å². The first-order chi connectivity index (χ1) is 18.9. The van der Waals surface area contributed by atoms with Gasteiger partial charge in [-0.1, -0.05) is 84.9 Å². The van der Waals surface area contributed by atoms with Gasteiger partial charge >= 0.3 is 0 Å². The summed E-state index contributed by atoms with van der Waals surface area (Å²) >= 11 is 0. The van der Waals surface area contributed by atoms with Gasteiger partial charge in [0.1, 0.15) is 0 Å². The molecule has 0 saturated heterocycles. The molecule has 1 aliphatic rings. The van der Waals surface area contributed by atoms with E-state index in [1.165, 1.54) is 11.4 Å². The number of benzene rings is 4. The number of hydrogen-bond donors (Lipinski definition) is 1. The Balaban J connectivity index is 1.61. The van der Waals surface area contributed by atoms with Gasteiger partial charge in [-0.2, -0.15) is 0 Å². The molecule has 0 radical (unpaired) electrons. The summed E-state index contributed by atoms with van der Waals surface area (Å²) in [7, 11) is -1.17. The Morgan fingerprint density at radius 2 is 1.41 bits per heavy atom. The van der Waals surface area contributed by atoms with Crippen LogP contribution in [0, 0.1) is 0 Å². The lowest BCUT2D eigenvalue weighted by Gasteiger charge is -2.33. The molecule has 1 aliphatic heterocycles. The molecular weight excluding hydrogens is 512 g/mol. The van der Waals surface area contributed by atoms with Gasteiger partial charge in [0.15, 0.2) is 16.4 Å². The second-order valence-electron chi connectivity index (χ2n) is 8.96. The lowest BCUT2D eigenvalue weighted by Crippen LogP contribution is -2.41. The molecule has 4 aromatic rings. The van der Waals surface area contributed by atoms with Crippen molar-refractivity contribution >= 4 is 27.2 Å². The Morgan fingerprint density at radius 1 is 0.769 bits per heavy atom. The van der Waals surface area contributed by atoms with E-state index in [1.807, 2.05) is 72.8 Å². The molecule has 5 rings (SSSR count). The lowest BCUT2D eigenvalue weighted by atomic mass is 9.95. The van der Waals surface area contributed by atoms with E-state index in [9.17, 15) is 13.2 Å². The minimum atomic E-state index is -4.24. The maximum Gasteiger partial charge on any atom is 0.270 e. The number of anilines is 1. The average Bonchev–Trinajstić information content (AvgIpc) is 2.97. The van der Waals surface area contributed by atoms with Crippen LogP contribution in [0.25, 0.3) is 5.57 Å². The molecule has 0 aromatic heterocycles. The fraction of sp³-hybridized carbons (Fsp3) is 0.129. The maximum absolute atomic E-state index is 14.3. The molecule has 0 aliphatic carbocycles. The van der Waals surface area contributed by atoms with Crippen LogP contribution in [-0.4, -0.2) is 28.5 Å². The number of carbonyl (C=O) groups excluding carboxylic acids is 1. The predicted octanol–water partition coefficient (Wildman–Crippen LogP) is 5.13. The SMILES string of the molecule is COc1ccc(CNC(=O)C2=C(c3ccccc3)c3ccccc3N(Cc3ccccc3)S2(=O)=O)cc1OC. The van der Waals surface area contributed by atoms with E-state index in [4.69, 9.17) is 9.47 Å². The van der Waals surface area contributed by atoms with Crippen LogP contribution in [0.2, 0.25) is 0 Å². The highest BCUT2D eigenvalue weighted by molar-refractivity contribution is 7.97. The molecule has 0 spiro atoms. The van der Waals surface area contributed by atoms with Gasteiger partial charge in [-0.25, -0.2) is 8.42 Å². The quantitative estimate of drug-likeness (QED) is 0.335. The van der Waals surface area contributed by atoms with E-state index in [0.717, 1.165) is 11.1 Å². The number of methoxy groups -OCH3 is 2. The van der Waals surface area contributed by atoms with Gasteiger partial charge in [-0.05, 0) is 34.9 Å². The van der Waals surface area contributed by atoms with Crippen molar-refractivity contribution < 1.29 is 22.7 Å². The number of hydrogen-bond acceptors (Lipinski definition) is 5. The number of amides is 1. The molecule has 4 aromatic carbocycles. The number of para-hydroxylation sites is 1. The van der Waals surface area contributed by atoms with Gasteiger partial charge in [0.2, 0.25) is 0 Å². The molecule has 0 saturated carbocycles. The van der Waals surface area contributed by atoms with E-state index in [-0.39, 0.29) is 18.0 Å². The number of carbonyl (C=O) groups is 1. The van der Waals surface area contributed by atoms with E-state index in [2.05, 4.69) is 5.32 Å². The highest BCUT2D eigenvalue weighted by Gasteiger charge is 2.41. The summed E-state index contributed by atoms with van der Waals surface area (Å²) in [5, 5.41) is 2.83. The van der Waals surface area contributed by atoms with Crippen molar-refractivity contribution in [2.24, 2.45) is 0 Å². The van der Waals surface area contributed by atoms with Crippen molar-refractivity contribution in [1.29, 1.82) is 0 Å². The van der Waals surface area contributed by atoms with Crippen molar-refractivity contribution in [2.45, 2.75) is 13.1 Å². The summed E-state index contributed by atoms with van der Waals surface area (Å²) < 4.78 is 40.5. The van der Waals surface area contributed by atoms with Crippen LogP contribution in [0.3, 0.4) is 0 Å². The number of rotatable bonds is 8. The van der Waals surface area contributed by atoms with Gasteiger partial charge in [-0.15, -0.1) is 0 Å². The number of fused-ring (bicyclic) bond motifs is 1. The van der Waals surface area contributed by atoms with E-state index in [0.29, 0.717) is 33.9 Å². The largest absolute Gasteiger partial charge is 0.493 e. The molecule has 1 N–H and O–H groups in total. The molecule has 0 unspecified atom stereocenters. The van der Waals surface area contributed by atoms with Crippen molar-refractivity contribution in [3.8, 4) is 11.5 Å². The third-order valence-electron chi connectivity index (χ3n) is 6.56. The van der Waals surface area contributed by atoms with Crippen LogP contribution < -0.4 is 19.1 Å². The van der Waals surface area contributed by atoms with Crippen molar-refractivity contribution in [2.75, 3.05) is 18.5 Å². The molecule has 39 heavy (non-hydrogen) atoms. The first-order valence-corrected chi connectivity index (χ1v) is 13.8. The first-order valence-electron chi connectivity index (χ1n) is 12.4. The third-order valence-corrected chi connectivity index (χ3v) is 8.37. The summed E-state index contributed by atoms with van der Waals surface area (Å²) in [5.74, 6) is 0.391. The highest BCUT2D eigenvalue weighted by atomic mass is 32.2. The zero-order valence-corrected chi connectivity index (χ0v) is 22.4. The summed E-state index contributed by atoms with van der Waals surface area (Å²) in [5.41, 5.74) is 3.76. The normalized spacial score (nSPS) is 13.9. The molecule has 198 valence electrons. The third kappa shape index (κ3) is 5.11. The Hall–Kier alpha value is -4.56. The van der Waals surface area contributed by atoms with Crippen LogP contribution in [0.4, 0.5) is 5.69 Å². The zero-order chi connectivity index (χ0) is 27.4. The predicted molar refractivity (Wildman–Crippen MR) is 152 cm³/mol. The highest BCUT2D eigenvalue weighted by Crippen LogP contribution is 2.43. The fourth-order valence-electron chi connectivity index (χ4n) is 4.69. The van der Waals surface area contributed by atoms with E-state index < -0.39 is 15.9 Å². The monoisotopic (exact) mass is 540 g/mol. The van der Waals surface area contributed by atoms with Crippen LogP contribution in [-0.2, 0) is 27.9 Å². The van der Waals surface area contributed by atoms with Crippen molar-refractivity contribution in [1.82, 2.24) is 5.32 Å². The molecule has 0 bridgehead atoms. The minimum Gasteiger partial charge on any atom is -0.493 e. The van der Waals surface area contributed by atoms with Crippen molar-refractivity contribution in [3.05, 3.63) is 130 Å². The Bertz CT molecular complexity index is 1630. The molecule has 1 amide bonds. The lowest BCUT2D eigenvalue weighted by molar-refractivity contribution is -0.117. The van der Waals surface area contributed by atoms with Gasteiger partial charge in [0.05, 0.1) is 26.5 Å². The second kappa shape index (κ2) is 11.0. The topological polar surface area (TPSA) is 84.9 Å². The Morgan fingerprint density at radius 3 is 2.10 bits per heavy atom. The van der Waals surface area contributed by atoms with Crippen LogP contribution in [0.5, 0.6) is 11.5 Å². The molecule has 0 fully saturated rings. The Kier molecular flexibility index (Phi) is 7.38. The van der Waals surface area contributed by atoms with Crippen molar-refractivity contribution in [3.63, 3.8) is 0 Å². The summed E-state index contributed by atoms with van der Waals surface area (Å²) in [4.78, 5) is 13.5. The Labute approximate surface area is 228 Å². The first kappa shape index (κ1) is 26.1. The van der Waals surface area contributed by atoms with Gasteiger partial charge in [-0.3, -0.25) is 9.10 Å². The maximum atomic E-state index is 14.3. The molecule has 0 atom stereocenters. The molecule has 1 heterocycles. The summed E-state index contributed by atoms with van der Waals surface area (Å²) in [6.07, 6.45) is 0. The van der Waals surface area contributed by atoms with Crippen LogP contribution in [0.1, 0.15) is 22.3 Å². The smallest absolute Gasteiger partial charge is 0.270 e. The minimum absolute atomic E-state index is 0.0920. The fourth-order valence-corrected chi connectivity index (χ4v) is 6.44. The van der Waals surface area contributed by atoms with Gasteiger partial charge in [0.25, 0.3) is 15.9 Å². The molecule has 8 heteroatoms. The number of sulfonamides is 1. The van der Waals surface area contributed by atoms with E-state index >= 15 is 0 Å². The zero-order valence-electron chi connectivity index (χ0n) is 21.6.